The lowest BCUT2D eigenvalue weighted by molar-refractivity contribution is -0.290. The number of halogens is 18. The third kappa shape index (κ3) is 19.0. The smallest absolute Gasteiger partial charge is 0.411 e. The molecule has 0 aliphatic heterocycles. The van der Waals surface area contributed by atoms with Crippen molar-refractivity contribution in [2.24, 2.45) is 0 Å². The number of nitrogens with one attached hydrogen (secondary N) is 4. The number of phenolic OH excluding ortho intramolecular Hbond substituents is 3. The summed E-state index contributed by atoms with van der Waals surface area (Å²) in [6.07, 6.45) is -36.1. The molecule has 0 aromatic heterocycles. The van der Waals surface area contributed by atoms with E-state index in [-0.39, 0.29) is 64.4 Å². The summed E-state index contributed by atoms with van der Waals surface area (Å²) in [5.74, 6) is -7.72. The van der Waals surface area contributed by atoms with Crippen LogP contribution in [0.25, 0.3) is 0 Å². The lowest BCUT2D eigenvalue weighted by Crippen LogP contribution is -2.54. The highest BCUT2D eigenvalue weighted by atomic mass is 19.4. The second-order valence-electron chi connectivity index (χ2n) is 25.8. The van der Waals surface area contributed by atoms with Gasteiger partial charge < -0.3 is 71.5 Å². The van der Waals surface area contributed by atoms with Crippen LogP contribution in [0.1, 0.15) is 116 Å². The quantitative estimate of drug-likeness (QED) is 0.00856. The monoisotopic (exact) mass is 1640 g/mol. The van der Waals surface area contributed by atoms with Crippen LogP contribution < -0.4 is 51.4 Å². The molecule has 6 radical (unpaired) electrons. The number of Topliss-reactive ketones (excluding diaryl/α,β-unsaturated/α-hetero) is 1. The predicted molar refractivity (Wildman–Crippen MR) is 389 cm³/mol. The number of nitrogens with two attached hydrogens (primary N) is 2. The molecule has 608 valence electrons. The highest BCUT2D eigenvalue weighted by molar-refractivity contribution is 6.10. The Balaban J connectivity index is 0.000000424. The number of esters is 1. The number of anilines is 6. The minimum atomic E-state index is -6.31. The van der Waals surface area contributed by atoms with Gasteiger partial charge in [-0.1, -0.05) is 49.4 Å². The van der Waals surface area contributed by atoms with E-state index in [1.807, 2.05) is 31.4 Å². The van der Waals surface area contributed by atoms with Gasteiger partial charge >= 0.3 is 67.2 Å². The molecule has 9 aromatic carbocycles. The molecule has 40 heteroatoms. The number of rotatable bonds is 20. The molecular formula is C76H61B3F18N6O13. The van der Waals surface area contributed by atoms with Gasteiger partial charge in [-0.2, -0.15) is 79.0 Å². The second-order valence-corrected chi connectivity index (χ2v) is 25.8. The van der Waals surface area contributed by atoms with Crippen LogP contribution in [0.4, 0.5) is 113 Å². The Morgan fingerprint density at radius 3 is 1.02 bits per heavy atom. The topological polar surface area (TPSA) is 292 Å². The number of hydrogen-bond donors (Lipinski definition) is 9. The van der Waals surface area contributed by atoms with Gasteiger partial charge in [-0.25, -0.2) is 0 Å². The Morgan fingerprint density at radius 2 is 0.690 bits per heavy atom. The minimum Gasteiger partial charge on any atom is -0.566 e. The van der Waals surface area contributed by atoms with E-state index < -0.39 is 173 Å². The fourth-order valence-corrected chi connectivity index (χ4v) is 11.8. The lowest BCUT2D eigenvalue weighted by atomic mass is 9.72. The maximum Gasteiger partial charge on any atom is 0.411 e. The van der Waals surface area contributed by atoms with Gasteiger partial charge in [0.05, 0.1) is 34.1 Å². The Labute approximate surface area is 650 Å². The van der Waals surface area contributed by atoms with E-state index in [1.54, 1.807) is 6.92 Å². The van der Waals surface area contributed by atoms with E-state index in [0.29, 0.717) is 90.5 Å². The van der Waals surface area contributed by atoms with Gasteiger partial charge in [0.2, 0.25) is 16.2 Å². The van der Waals surface area contributed by atoms with Crippen molar-refractivity contribution in [3.8, 4) is 46.0 Å². The lowest BCUT2D eigenvalue weighted by Gasteiger charge is -2.38. The van der Waals surface area contributed by atoms with Crippen LogP contribution >= 0.6 is 0 Å². The Bertz CT molecular complexity index is 5060. The molecule has 9 aromatic rings. The van der Waals surface area contributed by atoms with Crippen LogP contribution in [0.15, 0.2) is 182 Å². The zero-order chi connectivity index (χ0) is 87.0. The van der Waals surface area contributed by atoms with Crippen LogP contribution in [-0.4, -0.2) is 119 Å². The SMILES string of the molecule is CCC(=O)OC(C)(C)C.[B]Oc1ccc(C(c2ccc(O)c(N)c2)(C(F)(F)F)C(F)(F)F)cc1NC(=O)c1cccc(C(=O)Nc2cc(C(c3ccc(O[B])c(NC(=O)c4ccc(Oc5ccc(C(C)=O)cc5)cc4)c3)(C(F)(F)F)C(F)(F)F)ccc2O)c1.[B]Oc1ccc(C(c2ccc(O)c(NC)c2)(C(F)(F)F)C(F)(F)F)cc1N. The third-order valence-corrected chi connectivity index (χ3v) is 17.2. The summed E-state index contributed by atoms with van der Waals surface area (Å²) in [4.78, 5) is 62.9. The van der Waals surface area contributed by atoms with E-state index in [1.165, 1.54) is 62.5 Å². The van der Waals surface area contributed by atoms with Gasteiger partial charge in [-0.3, -0.25) is 24.0 Å². The molecule has 0 saturated carbocycles. The molecule has 0 aliphatic rings. The first-order valence-electron chi connectivity index (χ1n) is 33.0. The number of ketones is 1. The number of carbonyl (C=O) groups is 5. The first kappa shape index (κ1) is 90.7. The molecule has 11 N–H and O–H groups in total. The summed E-state index contributed by atoms with van der Waals surface area (Å²) in [5.41, 5.74) is -17.7. The molecular weight excluding hydrogens is 1580 g/mol. The van der Waals surface area contributed by atoms with Gasteiger partial charge in [-0.15, -0.1) is 0 Å². The summed E-state index contributed by atoms with van der Waals surface area (Å²) in [5, 5.41) is 38.6. The molecule has 0 unspecified atom stereocenters. The number of amides is 3. The molecule has 0 fully saturated rings. The maximum absolute atomic E-state index is 15.5. The molecule has 0 heterocycles. The Kier molecular flexibility index (Phi) is 27.1. The van der Waals surface area contributed by atoms with Gasteiger partial charge in [0.25, 0.3) is 17.7 Å². The van der Waals surface area contributed by atoms with Crippen molar-refractivity contribution in [1.29, 1.82) is 0 Å². The average Bonchev–Trinajstić information content (AvgIpc) is 0.707. The van der Waals surface area contributed by atoms with E-state index in [0.717, 1.165) is 36.4 Å². The number of phenols is 3. The number of hydrogen-bond acceptors (Lipinski definition) is 16. The van der Waals surface area contributed by atoms with Crippen molar-refractivity contribution in [1.82, 2.24) is 0 Å². The summed E-state index contributed by atoms with van der Waals surface area (Å²) in [6.45, 7) is 8.73. The van der Waals surface area contributed by atoms with Crippen LogP contribution in [0, 0.1) is 0 Å². The zero-order valence-corrected chi connectivity index (χ0v) is 60.6. The zero-order valence-electron chi connectivity index (χ0n) is 60.6. The Hall–Kier alpha value is -12.5. The Morgan fingerprint density at radius 1 is 0.379 bits per heavy atom. The van der Waals surface area contributed by atoms with E-state index in [9.17, 15) is 92.0 Å². The second kappa shape index (κ2) is 34.7. The third-order valence-electron chi connectivity index (χ3n) is 17.2. The molecule has 0 saturated heterocycles. The van der Waals surface area contributed by atoms with Crippen LogP contribution in [0.5, 0.6) is 46.0 Å². The standard InChI is InChI=1S/C53H34B2F12N4O9.C16H13BF6N2O2.C7H14O2/c1-26(72)27-5-13-35(14-6-27)78-36-15-7-28(8-16-36)45(75)70-39-25-34(12-20-43(39)79-54)49(52(62,63)64,53(65,66)67)32-10-18-42(74)38(23-32)69-46(76)29-3-2-4-30(21-29)47(77)71-40-24-33(11-19-44(40)80-55)48(50(56,57)58,51(59,60)61)31-9-17-41(73)37(68)22-31;1-25-11-7-9(2-4-12(11)26)14(15(18,19)20,16(21,22)23)8-3-5-13(27-17)10(24)6-8;1-5-6(8)9-7(2,3)4/h2-25,73-74H,68H2,1H3,(H,69,76)(H,70,75)(H,71,77);2-7,25-26H,24H2,1H3;5H2,1-4H3. The average molecular weight is 1640 g/mol. The molecule has 0 spiro atoms. The van der Waals surface area contributed by atoms with Crippen molar-refractivity contribution >= 4 is 87.7 Å². The number of nitrogen functional groups attached to an aromatic ring is 2. The summed E-state index contributed by atoms with van der Waals surface area (Å²) >= 11 is 0. The van der Waals surface area contributed by atoms with Gasteiger partial charge in [0, 0.05) is 35.7 Å². The molecule has 0 atom stereocenters. The van der Waals surface area contributed by atoms with Crippen molar-refractivity contribution in [2.45, 2.75) is 99.9 Å². The first-order chi connectivity index (χ1) is 53.7. The largest absolute Gasteiger partial charge is 0.566 e. The molecule has 116 heavy (non-hydrogen) atoms. The van der Waals surface area contributed by atoms with E-state index in [2.05, 4.69) is 24.6 Å². The fraction of sp³-hybridized carbons (Fsp3) is 0.224. The maximum atomic E-state index is 15.5. The summed E-state index contributed by atoms with van der Waals surface area (Å²) in [6, 6.07) is 22.7. The van der Waals surface area contributed by atoms with E-state index >= 15 is 26.3 Å². The van der Waals surface area contributed by atoms with Gasteiger partial charge in [0.15, 0.2) is 5.78 Å². The van der Waals surface area contributed by atoms with Gasteiger partial charge in [0.1, 0.15) is 51.6 Å². The van der Waals surface area contributed by atoms with Crippen molar-refractivity contribution in [2.75, 3.05) is 39.8 Å². The number of aromatic hydroxyl groups is 3. The molecule has 3 amide bonds. The van der Waals surface area contributed by atoms with Crippen molar-refractivity contribution < 1.29 is 142 Å². The number of ether oxygens (including phenoxy) is 2. The molecule has 9 rings (SSSR count). The molecule has 0 aliphatic carbocycles. The minimum absolute atomic E-state index is 0.137. The summed E-state index contributed by atoms with van der Waals surface area (Å²) in [7, 11) is 16.6. The first-order valence-corrected chi connectivity index (χ1v) is 33.0. The predicted octanol–water partition coefficient (Wildman–Crippen LogP) is 17.8. The van der Waals surface area contributed by atoms with Gasteiger partial charge in [-0.05, 0) is 201 Å². The highest BCUT2D eigenvalue weighted by Gasteiger charge is 2.75. The number of alkyl halides is 18. The number of carbonyl (C=O) groups excluding carboxylic acids is 5. The van der Waals surface area contributed by atoms with Crippen LogP contribution in [0.3, 0.4) is 0 Å². The number of benzene rings is 9. The highest BCUT2D eigenvalue weighted by Crippen LogP contribution is 2.61. The van der Waals surface area contributed by atoms with Crippen molar-refractivity contribution in [3.63, 3.8) is 0 Å². The van der Waals surface area contributed by atoms with Crippen molar-refractivity contribution in [3.05, 3.63) is 238 Å². The summed E-state index contributed by atoms with van der Waals surface area (Å²) < 4.78 is 291. The van der Waals surface area contributed by atoms with Crippen LogP contribution in [-0.2, 0) is 25.8 Å². The fourth-order valence-electron chi connectivity index (χ4n) is 11.8. The van der Waals surface area contributed by atoms with Crippen LogP contribution in [0.2, 0.25) is 0 Å². The normalized spacial score (nSPS) is 12.3. The van der Waals surface area contributed by atoms with E-state index in [4.69, 9.17) is 45.1 Å². The molecule has 0 bridgehead atoms. The molecule has 19 nitrogen and oxygen atoms in total.